The maximum Gasteiger partial charge on any atom is 0.191 e. The van der Waals surface area contributed by atoms with Gasteiger partial charge in [0.15, 0.2) is 5.11 Å². The lowest BCUT2D eigenvalue weighted by atomic mass is 10.1. The molecule has 3 rings (SSSR count). The fourth-order valence-corrected chi connectivity index (χ4v) is 2.63. The van der Waals surface area contributed by atoms with Crippen molar-refractivity contribution >= 4 is 29.2 Å². The van der Waals surface area contributed by atoms with Crippen LogP contribution in [-0.2, 0) is 6.54 Å². The van der Waals surface area contributed by atoms with E-state index in [1.807, 2.05) is 18.3 Å². The van der Waals surface area contributed by atoms with Crippen LogP contribution in [0.2, 0.25) is 0 Å². The van der Waals surface area contributed by atoms with Crippen molar-refractivity contribution in [1.82, 2.24) is 9.99 Å². The molecule has 0 radical (unpaired) electrons. The van der Waals surface area contributed by atoms with Crippen LogP contribution in [0.5, 0.6) is 0 Å². The van der Waals surface area contributed by atoms with E-state index >= 15 is 0 Å². The van der Waals surface area contributed by atoms with E-state index < -0.39 is 0 Å². The van der Waals surface area contributed by atoms with Crippen LogP contribution in [0, 0.1) is 12.7 Å². The van der Waals surface area contributed by atoms with Crippen molar-refractivity contribution in [3.8, 4) is 0 Å². The molecule has 0 atom stereocenters. The quantitative estimate of drug-likeness (QED) is 0.402. The Bertz CT molecular complexity index is 916. The van der Waals surface area contributed by atoms with Crippen LogP contribution in [0.3, 0.4) is 0 Å². The average molecular weight is 366 g/mol. The third-order valence-corrected chi connectivity index (χ3v) is 3.98. The summed E-state index contributed by atoms with van der Waals surface area (Å²) < 4.78 is 15.3. The van der Waals surface area contributed by atoms with Gasteiger partial charge < -0.3 is 9.88 Å². The fourth-order valence-electron chi connectivity index (χ4n) is 2.46. The number of rotatable bonds is 5. The van der Waals surface area contributed by atoms with Gasteiger partial charge >= 0.3 is 0 Å². The Kier molecular flexibility index (Phi) is 5.76. The zero-order valence-electron chi connectivity index (χ0n) is 14.3. The van der Waals surface area contributed by atoms with Gasteiger partial charge in [0.25, 0.3) is 0 Å². The smallest absolute Gasteiger partial charge is 0.191 e. The number of hydrogen-bond donors (Lipinski definition) is 2. The second-order valence-electron chi connectivity index (χ2n) is 5.88. The number of thiocarbonyl (C=S) groups is 1. The summed E-state index contributed by atoms with van der Waals surface area (Å²) in [6.45, 7) is 2.84. The molecule has 0 saturated heterocycles. The zero-order valence-corrected chi connectivity index (χ0v) is 15.1. The van der Waals surface area contributed by atoms with E-state index in [9.17, 15) is 4.39 Å². The normalized spacial score (nSPS) is 10.8. The van der Waals surface area contributed by atoms with Crippen LogP contribution in [-0.4, -0.2) is 15.9 Å². The van der Waals surface area contributed by atoms with E-state index in [4.69, 9.17) is 12.2 Å². The summed E-state index contributed by atoms with van der Waals surface area (Å²) in [6.07, 6.45) is 3.71. The highest BCUT2D eigenvalue weighted by atomic mass is 32.1. The first-order valence-electron chi connectivity index (χ1n) is 8.16. The SMILES string of the molecule is Cc1ccc(Cn2cccc2/C=N\NC(=S)Nc2cccc(F)c2)cc1. The van der Waals surface area contributed by atoms with E-state index in [0.29, 0.717) is 10.8 Å². The third-order valence-electron chi connectivity index (χ3n) is 3.78. The number of anilines is 1. The molecule has 0 aliphatic rings. The Labute approximate surface area is 157 Å². The summed E-state index contributed by atoms with van der Waals surface area (Å²) in [4.78, 5) is 0. The number of aryl methyl sites for hydroxylation is 1. The molecular formula is C20H19FN4S. The molecular weight excluding hydrogens is 347 g/mol. The number of nitrogens with zero attached hydrogens (tertiary/aromatic N) is 2. The highest BCUT2D eigenvalue weighted by molar-refractivity contribution is 7.80. The first-order valence-corrected chi connectivity index (χ1v) is 8.57. The maximum atomic E-state index is 13.2. The summed E-state index contributed by atoms with van der Waals surface area (Å²) >= 11 is 5.16. The van der Waals surface area contributed by atoms with Gasteiger partial charge in [-0.3, -0.25) is 5.43 Å². The van der Waals surface area contributed by atoms with Gasteiger partial charge in [-0.2, -0.15) is 5.10 Å². The molecule has 132 valence electrons. The maximum absolute atomic E-state index is 13.2. The van der Waals surface area contributed by atoms with Gasteiger partial charge in [0.2, 0.25) is 0 Å². The lowest BCUT2D eigenvalue weighted by molar-refractivity contribution is 0.628. The van der Waals surface area contributed by atoms with Gasteiger partial charge in [0, 0.05) is 18.4 Å². The van der Waals surface area contributed by atoms with E-state index in [1.165, 1.54) is 23.3 Å². The second kappa shape index (κ2) is 8.40. The van der Waals surface area contributed by atoms with Crippen LogP contribution in [0.1, 0.15) is 16.8 Å². The molecule has 1 heterocycles. The minimum Gasteiger partial charge on any atom is -0.342 e. The molecule has 0 bridgehead atoms. The molecule has 6 heteroatoms. The Morgan fingerprint density at radius 3 is 2.73 bits per heavy atom. The molecule has 0 spiro atoms. The molecule has 0 aliphatic heterocycles. The van der Waals surface area contributed by atoms with Gasteiger partial charge in [-0.15, -0.1) is 0 Å². The number of halogens is 1. The first-order chi connectivity index (χ1) is 12.6. The Hall–Kier alpha value is -2.99. The van der Waals surface area contributed by atoms with Crippen molar-refractivity contribution in [2.45, 2.75) is 13.5 Å². The Morgan fingerprint density at radius 2 is 1.96 bits per heavy atom. The molecule has 1 aromatic heterocycles. The number of hydrazone groups is 1. The lowest BCUT2D eigenvalue weighted by Gasteiger charge is -2.08. The van der Waals surface area contributed by atoms with Crippen molar-refractivity contribution in [2.24, 2.45) is 5.10 Å². The number of benzene rings is 2. The minimum absolute atomic E-state index is 0.295. The summed E-state index contributed by atoms with van der Waals surface area (Å²) in [5, 5.41) is 7.33. The summed E-state index contributed by atoms with van der Waals surface area (Å²) in [5.41, 5.74) is 6.72. The topological polar surface area (TPSA) is 41.4 Å². The van der Waals surface area contributed by atoms with Crippen LogP contribution in [0.25, 0.3) is 0 Å². The first kappa shape index (κ1) is 17.8. The monoisotopic (exact) mass is 366 g/mol. The van der Waals surface area contributed by atoms with E-state index in [2.05, 4.69) is 51.6 Å². The van der Waals surface area contributed by atoms with Crippen molar-refractivity contribution in [3.63, 3.8) is 0 Å². The number of aromatic nitrogens is 1. The summed E-state index contributed by atoms with van der Waals surface area (Å²) in [7, 11) is 0. The fraction of sp³-hybridized carbons (Fsp3) is 0.100. The second-order valence-corrected chi connectivity index (χ2v) is 6.29. The van der Waals surface area contributed by atoms with Gasteiger partial charge in [0.05, 0.1) is 11.9 Å². The standard InChI is InChI=1S/C20H19FN4S/c1-15-7-9-16(10-8-15)14-25-11-3-6-19(25)13-22-24-20(26)23-18-5-2-4-17(21)12-18/h2-13H,14H2,1H3,(H2,23,24,26)/b22-13-. The molecule has 3 aromatic rings. The molecule has 2 aromatic carbocycles. The minimum atomic E-state index is -0.324. The van der Waals surface area contributed by atoms with Gasteiger partial charge in [-0.25, -0.2) is 4.39 Å². The molecule has 0 fully saturated rings. The molecule has 0 amide bonds. The van der Waals surface area contributed by atoms with Gasteiger partial charge in [-0.05, 0) is 55.0 Å². The molecule has 0 aliphatic carbocycles. The van der Waals surface area contributed by atoms with Crippen molar-refractivity contribution in [3.05, 3.63) is 89.5 Å². The predicted octanol–water partition coefficient (Wildman–Crippen LogP) is 4.30. The lowest BCUT2D eigenvalue weighted by Crippen LogP contribution is -2.24. The summed E-state index contributed by atoms with van der Waals surface area (Å²) in [6, 6.07) is 18.5. The predicted molar refractivity (Wildman–Crippen MR) is 108 cm³/mol. The largest absolute Gasteiger partial charge is 0.342 e. The number of hydrogen-bond acceptors (Lipinski definition) is 2. The molecule has 26 heavy (non-hydrogen) atoms. The summed E-state index contributed by atoms with van der Waals surface area (Å²) in [5.74, 6) is -0.324. The van der Waals surface area contributed by atoms with E-state index in [0.717, 1.165) is 12.2 Å². The van der Waals surface area contributed by atoms with Crippen LogP contribution >= 0.6 is 12.2 Å². The van der Waals surface area contributed by atoms with Crippen LogP contribution in [0.15, 0.2) is 72.0 Å². The highest BCUT2D eigenvalue weighted by Crippen LogP contribution is 2.09. The van der Waals surface area contributed by atoms with Crippen LogP contribution in [0.4, 0.5) is 10.1 Å². The molecule has 0 saturated carbocycles. The number of nitrogens with one attached hydrogen (secondary N) is 2. The Balaban J connectivity index is 1.58. The van der Waals surface area contributed by atoms with Gasteiger partial charge in [-0.1, -0.05) is 35.9 Å². The molecule has 2 N–H and O–H groups in total. The van der Waals surface area contributed by atoms with Gasteiger partial charge in [0.1, 0.15) is 5.82 Å². The van der Waals surface area contributed by atoms with Crippen LogP contribution < -0.4 is 10.7 Å². The van der Waals surface area contributed by atoms with Crippen molar-refractivity contribution in [1.29, 1.82) is 0 Å². The Morgan fingerprint density at radius 1 is 1.15 bits per heavy atom. The third kappa shape index (κ3) is 5.00. The van der Waals surface area contributed by atoms with E-state index in [-0.39, 0.29) is 5.82 Å². The van der Waals surface area contributed by atoms with Crippen molar-refractivity contribution < 1.29 is 4.39 Å². The highest BCUT2D eigenvalue weighted by Gasteiger charge is 2.01. The molecule has 4 nitrogen and oxygen atoms in total. The zero-order chi connectivity index (χ0) is 18.4. The van der Waals surface area contributed by atoms with E-state index in [1.54, 1.807) is 18.3 Å². The molecule has 0 unspecified atom stereocenters. The average Bonchev–Trinajstić information content (AvgIpc) is 3.04. The van der Waals surface area contributed by atoms with Crippen molar-refractivity contribution in [2.75, 3.05) is 5.32 Å².